The van der Waals surface area contributed by atoms with Gasteiger partial charge in [0.2, 0.25) is 0 Å². The number of ether oxygens (including phenoxy) is 2. The number of benzene rings is 1. The van der Waals surface area contributed by atoms with Crippen molar-refractivity contribution in [1.29, 1.82) is 0 Å². The van der Waals surface area contributed by atoms with Gasteiger partial charge < -0.3 is 24.1 Å². The smallest absolute Gasteiger partial charge is 0.396 e. The van der Waals surface area contributed by atoms with E-state index in [1.165, 1.54) is 0 Å². The van der Waals surface area contributed by atoms with Crippen LogP contribution in [0.1, 0.15) is 43.4 Å². The molecule has 2 saturated carbocycles. The standard InChI is InChI=1S/C24H24F5N3O4.H2/c25-16-6-14(7-17(26)21(16)35-15-4-12-3-13(12)5-15)30-22(33)20-19(8-24(27,28)29)36-23(31-20)32-2-1-11-9-34-10-18(11)32;/h6-7,11-13,15,18H,1-5,8-10H2,(H,30,33);1H. The average molecular weight is 515 g/mol. The number of nitrogens with zero attached hydrogens (tertiary/aromatic N) is 2. The normalized spacial score (nSPS) is 28.8. The highest BCUT2D eigenvalue weighted by atomic mass is 19.4. The number of halogens is 5. The van der Waals surface area contributed by atoms with Crippen LogP contribution in [0, 0.1) is 29.4 Å². The predicted octanol–water partition coefficient (Wildman–Crippen LogP) is 4.96. The average Bonchev–Trinajstić information content (AvgIpc) is 3.24. The summed E-state index contributed by atoms with van der Waals surface area (Å²) in [4.78, 5) is 18.6. The van der Waals surface area contributed by atoms with Crippen LogP contribution in [0.25, 0.3) is 0 Å². The van der Waals surface area contributed by atoms with Gasteiger partial charge in [0.25, 0.3) is 11.9 Å². The molecule has 6 rings (SSSR count). The van der Waals surface area contributed by atoms with Crippen molar-refractivity contribution in [3.05, 3.63) is 35.2 Å². The van der Waals surface area contributed by atoms with E-state index in [-0.39, 0.29) is 31.2 Å². The van der Waals surface area contributed by atoms with Gasteiger partial charge in [-0.15, -0.1) is 0 Å². The first-order valence-electron chi connectivity index (χ1n) is 12.0. The second-order valence-corrected chi connectivity index (χ2v) is 10.1. The van der Waals surface area contributed by atoms with Crippen molar-refractivity contribution in [3.8, 4) is 5.75 Å². The van der Waals surface area contributed by atoms with Crippen LogP contribution in [0.3, 0.4) is 0 Å². The molecule has 4 atom stereocenters. The van der Waals surface area contributed by atoms with E-state index < -0.39 is 47.3 Å². The van der Waals surface area contributed by atoms with Crippen LogP contribution < -0.4 is 15.0 Å². The third-order valence-corrected chi connectivity index (χ3v) is 7.55. The molecule has 2 aromatic rings. The lowest BCUT2D eigenvalue weighted by Gasteiger charge is -2.20. The Hall–Kier alpha value is -2.89. The Bertz CT molecular complexity index is 1160. The molecule has 196 valence electrons. The Morgan fingerprint density at radius 2 is 1.86 bits per heavy atom. The van der Waals surface area contributed by atoms with Gasteiger partial charge in [0.1, 0.15) is 12.2 Å². The van der Waals surface area contributed by atoms with Crippen LogP contribution in [0.15, 0.2) is 16.5 Å². The molecule has 0 radical (unpaired) electrons. The maximum absolute atomic E-state index is 14.6. The van der Waals surface area contributed by atoms with E-state index in [1.807, 2.05) is 0 Å². The minimum absolute atomic E-state index is 0. The van der Waals surface area contributed by atoms with Gasteiger partial charge in [-0.05, 0) is 37.5 Å². The summed E-state index contributed by atoms with van der Waals surface area (Å²) in [6.45, 7) is 1.44. The Balaban J connectivity index is 0.00000280. The van der Waals surface area contributed by atoms with Crippen LogP contribution in [0.2, 0.25) is 0 Å². The van der Waals surface area contributed by atoms with Gasteiger partial charge >= 0.3 is 6.18 Å². The molecule has 4 unspecified atom stereocenters. The van der Waals surface area contributed by atoms with Crippen LogP contribution in [0.5, 0.6) is 5.75 Å². The molecule has 3 heterocycles. The lowest BCUT2D eigenvalue weighted by Crippen LogP contribution is -2.33. The van der Waals surface area contributed by atoms with Gasteiger partial charge in [-0.3, -0.25) is 4.79 Å². The fourth-order valence-corrected chi connectivity index (χ4v) is 5.71. The molecular formula is C24H26F5N3O4. The molecule has 1 aromatic heterocycles. The highest BCUT2D eigenvalue weighted by Crippen LogP contribution is 2.52. The number of rotatable bonds is 6. The minimum atomic E-state index is -4.66. The number of carbonyl (C=O) groups excluding carboxylic acids is 1. The van der Waals surface area contributed by atoms with Crippen molar-refractivity contribution >= 4 is 17.6 Å². The Kier molecular flexibility index (Phi) is 5.62. The number of alkyl halides is 3. The van der Waals surface area contributed by atoms with Crippen LogP contribution in [-0.4, -0.2) is 49.0 Å². The van der Waals surface area contributed by atoms with Crippen molar-refractivity contribution in [2.45, 2.75) is 50.4 Å². The number of aromatic nitrogens is 1. The van der Waals surface area contributed by atoms with Crippen LogP contribution in [-0.2, 0) is 11.2 Å². The van der Waals surface area contributed by atoms with Gasteiger partial charge in [-0.1, -0.05) is 0 Å². The van der Waals surface area contributed by atoms with E-state index in [9.17, 15) is 26.7 Å². The van der Waals surface area contributed by atoms with Crippen molar-refractivity contribution in [1.82, 2.24) is 4.98 Å². The molecule has 1 amide bonds. The largest absolute Gasteiger partial charge is 0.484 e. The Morgan fingerprint density at radius 3 is 2.56 bits per heavy atom. The molecule has 0 bridgehead atoms. The zero-order valence-electron chi connectivity index (χ0n) is 19.1. The fraction of sp³-hybridized carbons (Fsp3) is 0.583. The number of fused-ring (bicyclic) bond motifs is 2. The second kappa shape index (κ2) is 8.60. The zero-order chi connectivity index (χ0) is 25.2. The SMILES string of the molecule is O=C(Nc1cc(F)c(OC2CC3CC3C2)c(F)c1)c1nc(N2CCC3COCC32)oc1CC(F)(F)F.[HH]. The second-order valence-electron chi connectivity index (χ2n) is 10.1. The number of hydrogen-bond acceptors (Lipinski definition) is 6. The number of hydrogen-bond donors (Lipinski definition) is 1. The monoisotopic (exact) mass is 515 g/mol. The third kappa shape index (κ3) is 4.51. The number of nitrogens with one attached hydrogen (secondary N) is 1. The van der Waals surface area contributed by atoms with Crippen molar-refractivity contribution < 1.29 is 42.1 Å². The first kappa shape index (κ1) is 23.5. The van der Waals surface area contributed by atoms with E-state index in [1.54, 1.807) is 4.90 Å². The molecule has 1 N–H and O–H groups in total. The third-order valence-electron chi connectivity index (χ3n) is 7.55. The lowest BCUT2D eigenvalue weighted by molar-refractivity contribution is -0.130. The van der Waals surface area contributed by atoms with E-state index in [4.69, 9.17) is 13.9 Å². The van der Waals surface area contributed by atoms with E-state index in [0.29, 0.717) is 31.6 Å². The minimum Gasteiger partial charge on any atom is -0.484 e. The van der Waals surface area contributed by atoms with Crippen molar-refractivity contribution in [2.24, 2.45) is 17.8 Å². The summed E-state index contributed by atoms with van der Waals surface area (Å²) in [5, 5.41) is 2.24. The highest BCUT2D eigenvalue weighted by Gasteiger charge is 2.47. The first-order valence-corrected chi connectivity index (χ1v) is 12.0. The molecule has 0 spiro atoms. The quantitative estimate of drug-likeness (QED) is 0.549. The number of amides is 1. The van der Waals surface area contributed by atoms with Gasteiger partial charge in [0.05, 0.1) is 25.4 Å². The van der Waals surface area contributed by atoms with Crippen LogP contribution >= 0.6 is 0 Å². The van der Waals surface area contributed by atoms with E-state index in [2.05, 4.69) is 10.3 Å². The molecule has 7 nitrogen and oxygen atoms in total. The number of oxazole rings is 1. The maximum atomic E-state index is 14.6. The summed E-state index contributed by atoms with van der Waals surface area (Å²) in [5.74, 6) is -2.94. The zero-order valence-corrected chi connectivity index (χ0v) is 19.1. The molecule has 4 aliphatic rings. The molecule has 4 fully saturated rings. The molecule has 2 saturated heterocycles. The summed E-state index contributed by atoms with van der Waals surface area (Å²) in [6.07, 6.45) is -3.03. The van der Waals surface area contributed by atoms with Gasteiger partial charge in [0.15, 0.2) is 23.1 Å². The number of anilines is 2. The van der Waals surface area contributed by atoms with Gasteiger partial charge in [-0.25, -0.2) is 8.78 Å². The lowest BCUT2D eigenvalue weighted by atomic mass is 10.1. The summed E-state index contributed by atoms with van der Waals surface area (Å²) < 4.78 is 85.2. The van der Waals surface area contributed by atoms with E-state index >= 15 is 0 Å². The highest BCUT2D eigenvalue weighted by molar-refractivity contribution is 6.03. The summed E-state index contributed by atoms with van der Waals surface area (Å²) in [7, 11) is 0. The first-order chi connectivity index (χ1) is 17.1. The molecule has 2 aliphatic carbocycles. The molecule has 1 aromatic carbocycles. The molecule has 2 aliphatic heterocycles. The van der Waals surface area contributed by atoms with E-state index in [0.717, 1.165) is 37.8 Å². The molecule has 12 heteroatoms. The Labute approximate surface area is 204 Å². The number of carbonyl (C=O) groups is 1. The topological polar surface area (TPSA) is 76.8 Å². The maximum Gasteiger partial charge on any atom is 0.396 e. The summed E-state index contributed by atoms with van der Waals surface area (Å²) >= 11 is 0. The Morgan fingerprint density at radius 1 is 1.14 bits per heavy atom. The van der Waals surface area contributed by atoms with Gasteiger partial charge in [-0.2, -0.15) is 18.2 Å². The summed E-state index contributed by atoms with van der Waals surface area (Å²) in [5.41, 5.74) is -0.861. The molecular weight excluding hydrogens is 489 g/mol. The van der Waals surface area contributed by atoms with Gasteiger partial charge in [0, 0.05) is 31.7 Å². The predicted molar refractivity (Wildman–Crippen MR) is 118 cm³/mol. The fourth-order valence-electron chi connectivity index (χ4n) is 5.71. The van der Waals surface area contributed by atoms with Crippen molar-refractivity contribution in [3.63, 3.8) is 0 Å². The van der Waals surface area contributed by atoms with Crippen molar-refractivity contribution in [2.75, 3.05) is 30.0 Å². The van der Waals surface area contributed by atoms with Crippen LogP contribution in [0.4, 0.5) is 33.7 Å². The molecule has 36 heavy (non-hydrogen) atoms. The summed E-state index contributed by atoms with van der Waals surface area (Å²) in [6, 6.07) is 1.54.